The molecule has 108 valence electrons. The summed E-state index contributed by atoms with van der Waals surface area (Å²) in [6, 6.07) is 5.61. The lowest BCUT2D eigenvalue weighted by Gasteiger charge is -2.11. The molecule has 0 spiro atoms. The maximum Gasteiger partial charge on any atom is 0.330 e. The first kappa shape index (κ1) is 15.6. The number of benzene rings is 1. The summed E-state index contributed by atoms with van der Waals surface area (Å²) in [5.41, 5.74) is -0.0197. The van der Waals surface area contributed by atoms with Crippen molar-refractivity contribution >= 4 is 11.7 Å². The molecule has 0 saturated heterocycles. The van der Waals surface area contributed by atoms with Gasteiger partial charge >= 0.3 is 5.97 Å². The molecule has 1 aromatic carbocycles. The predicted molar refractivity (Wildman–Crippen MR) is 70.4 cm³/mol. The van der Waals surface area contributed by atoms with Crippen LogP contribution in [0.5, 0.6) is 5.75 Å². The highest BCUT2D eigenvalue weighted by Crippen LogP contribution is 2.17. The Morgan fingerprint density at radius 3 is 2.65 bits per heavy atom. The zero-order valence-corrected chi connectivity index (χ0v) is 10.7. The van der Waals surface area contributed by atoms with Crippen LogP contribution in [0, 0.1) is 10.1 Å². The van der Waals surface area contributed by atoms with Crippen LogP contribution in [-0.4, -0.2) is 35.3 Å². The van der Waals surface area contributed by atoms with Crippen molar-refractivity contribution in [1.29, 1.82) is 0 Å². The fourth-order valence-corrected chi connectivity index (χ4v) is 1.30. The third kappa shape index (κ3) is 5.49. The second-order valence-electron chi connectivity index (χ2n) is 3.88. The summed E-state index contributed by atoms with van der Waals surface area (Å²) in [7, 11) is 0. The van der Waals surface area contributed by atoms with Gasteiger partial charge in [0, 0.05) is 24.6 Å². The Balaban J connectivity index is 2.28. The minimum Gasteiger partial charge on any atom is -0.493 e. The molecule has 1 atom stereocenters. The van der Waals surface area contributed by atoms with Gasteiger partial charge in [-0.1, -0.05) is 6.58 Å². The Morgan fingerprint density at radius 1 is 1.45 bits per heavy atom. The number of aliphatic hydroxyl groups is 1. The van der Waals surface area contributed by atoms with Crippen molar-refractivity contribution in [3.8, 4) is 5.75 Å². The molecule has 0 aliphatic carbocycles. The molecule has 1 rings (SSSR count). The monoisotopic (exact) mass is 281 g/mol. The minimum atomic E-state index is -0.836. The van der Waals surface area contributed by atoms with E-state index in [0.717, 1.165) is 6.08 Å². The van der Waals surface area contributed by atoms with E-state index in [1.165, 1.54) is 24.3 Å². The highest BCUT2D eigenvalue weighted by molar-refractivity contribution is 5.81. The molecule has 0 amide bonds. The van der Waals surface area contributed by atoms with Crippen molar-refractivity contribution in [2.75, 3.05) is 13.2 Å². The molecular formula is C13H15NO6. The quantitative estimate of drug-likeness (QED) is 0.335. The molecule has 0 fully saturated rings. The van der Waals surface area contributed by atoms with Crippen LogP contribution in [0.4, 0.5) is 5.69 Å². The molecule has 0 radical (unpaired) electrons. The fourth-order valence-electron chi connectivity index (χ4n) is 1.30. The lowest BCUT2D eigenvalue weighted by atomic mass is 10.3. The number of nitro benzene ring substituents is 1. The number of esters is 1. The first-order valence-corrected chi connectivity index (χ1v) is 5.87. The van der Waals surface area contributed by atoms with E-state index in [0.29, 0.717) is 5.75 Å². The topological polar surface area (TPSA) is 98.9 Å². The van der Waals surface area contributed by atoms with Gasteiger partial charge in [-0.2, -0.15) is 0 Å². The van der Waals surface area contributed by atoms with Crippen LogP contribution in [0.3, 0.4) is 0 Å². The molecule has 0 heterocycles. The standard InChI is InChI=1S/C13H15NO6/c1-2-13(16)20-9-11(15)7-8-19-12-5-3-10(4-6-12)14(17)18/h2-6,11,15H,1,7-9H2. The summed E-state index contributed by atoms with van der Waals surface area (Å²) < 4.78 is 9.96. The molecule has 0 bridgehead atoms. The summed E-state index contributed by atoms with van der Waals surface area (Å²) in [4.78, 5) is 20.7. The van der Waals surface area contributed by atoms with Gasteiger partial charge in [0.05, 0.1) is 17.6 Å². The summed E-state index contributed by atoms with van der Waals surface area (Å²) >= 11 is 0. The van der Waals surface area contributed by atoms with Crippen LogP contribution in [0.2, 0.25) is 0 Å². The highest BCUT2D eigenvalue weighted by Gasteiger charge is 2.08. The van der Waals surface area contributed by atoms with Crippen LogP contribution in [0.15, 0.2) is 36.9 Å². The zero-order chi connectivity index (χ0) is 15.0. The van der Waals surface area contributed by atoms with Crippen LogP contribution < -0.4 is 4.74 Å². The van der Waals surface area contributed by atoms with E-state index < -0.39 is 17.0 Å². The lowest BCUT2D eigenvalue weighted by molar-refractivity contribution is -0.384. The van der Waals surface area contributed by atoms with E-state index in [1.54, 1.807) is 0 Å². The van der Waals surface area contributed by atoms with Crippen molar-refractivity contribution < 1.29 is 24.3 Å². The first-order valence-electron chi connectivity index (χ1n) is 5.87. The average Bonchev–Trinajstić information content (AvgIpc) is 2.45. The van der Waals surface area contributed by atoms with E-state index in [1.807, 2.05) is 0 Å². The number of hydrogen-bond donors (Lipinski definition) is 1. The van der Waals surface area contributed by atoms with Crippen molar-refractivity contribution in [3.05, 3.63) is 47.0 Å². The average molecular weight is 281 g/mol. The maximum atomic E-state index is 10.8. The molecule has 0 aromatic heterocycles. The Hall–Kier alpha value is -2.41. The first-order chi connectivity index (χ1) is 9.52. The molecule has 0 saturated carbocycles. The SMILES string of the molecule is C=CC(=O)OCC(O)CCOc1ccc([N+](=O)[O-])cc1. The minimum absolute atomic E-state index is 0.0197. The number of nitro groups is 1. The summed E-state index contributed by atoms with van der Waals surface area (Å²) in [6.07, 6.45) is 0.443. The smallest absolute Gasteiger partial charge is 0.330 e. The van der Waals surface area contributed by atoms with Crippen LogP contribution in [-0.2, 0) is 9.53 Å². The largest absolute Gasteiger partial charge is 0.493 e. The molecule has 0 aliphatic rings. The van der Waals surface area contributed by atoms with Gasteiger partial charge < -0.3 is 14.6 Å². The fraction of sp³-hybridized carbons (Fsp3) is 0.308. The van der Waals surface area contributed by atoms with E-state index in [4.69, 9.17) is 4.74 Å². The zero-order valence-electron chi connectivity index (χ0n) is 10.7. The number of carbonyl (C=O) groups excluding carboxylic acids is 1. The van der Waals surface area contributed by atoms with Crippen LogP contribution in [0.25, 0.3) is 0 Å². The van der Waals surface area contributed by atoms with Gasteiger partial charge in [-0.25, -0.2) is 4.79 Å². The van der Waals surface area contributed by atoms with Crippen LogP contribution in [0.1, 0.15) is 6.42 Å². The van der Waals surface area contributed by atoms with Gasteiger partial charge in [-0.3, -0.25) is 10.1 Å². The van der Waals surface area contributed by atoms with Gasteiger partial charge in [0.1, 0.15) is 12.4 Å². The lowest BCUT2D eigenvalue weighted by Crippen LogP contribution is -2.20. The number of rotatable bonds is 8. The second kappa shape index (κ2) is 7.90. The van der Waals surface area contributed by atoms with Crippen molar-refractivity contribution in [2.45, 2.75) is 12.5 Å². The molecule has 1 aromatic rings. The summed E-state index contributed by atoms with van der Waals surface area (Å²) in [5.74, 6) is -0.133. The van der Waals surface area contributed by atoms with E-state index in [-0.39, 0.29) is 25.3 Å². The normalized spacial score (nSPS) is 11.4. The van der Waals surface area contributed by atoms with E-state index in [2.05, 4.69) is 11.3 Å². The predicted octanol–water partition coefficient (Wildman–Crippen LogP) is 1.45. The summed E-state index contributed by atoms with van der Waals surface area (Å²) in [5, 5.41) is 20.0. The molecule has 20 heavy (non-hydrogen) atoms. The van der Waals surface area contributed by atoms with Gasteiger partial charge in [-0.05, 0) is 12.1 Å². The Morgan fingerprint density at radius 2 is 2.10 bits per heavy atom. The molecule has 7 nitrogen and oxygen atoms in total. The number of carbonyl (C=O) groups is 1. The molecule has 1 N–H and O–H groups in total. The molecule has 0 aliphatic heterocycles. The Kier molecular flexibility index (Phi) is 6.18. The Bertz CT molecular complexity index is 470. The van der Waals surface area contributed by atoms with Gasteiger partial charge in [0.25, 0.3) is 5.69 Å². The number of nitrogens with zero attached hydrogens (tertiary/aromatic N) is 1. The van der Waals surface area contributed by atoms with Crippen molar-refractivity contribution in [3.63, 3.8) is 0 Å². The third-order valence-electron chi connectivity index (χ3n) is 2.35. The van der Waals surface area contributed by atoms with E-state index >= 15 is 0 Å². The van der Waals surface area contributed by atoms with E-state index in [9.17, 15) is 20.0 Å². The van der Waals surface area contributed by atoms with Crippen molar-refractivity contribution in [2.24, 2.45) is 0 Å². The second-order valence-corrected chi connectivity index (χ2v) is 3.88. The highest BCUT2D eigenvalue weighted by atomic mass is 16.6. The molecule has 7 heteroatoms. The number of ether oxygens (including phenoxy) is 2. The number of non-ortho nitro benzene ring substituents is 1. The van der Waals surface area contributed by atoms with Crippen molar-refractivity contribution in [1.82, 2.24) is 0 Å². The Labute approximate surface area is 115 Å². The van der Waals surface area contributed by atoms with Gasteiger partial charge in [-0.15, -0.1) is 0 Å². The molecule has 1 unspecified atom stereocenters. The third-order valence-corrected chi connectivity index (χ3v) is 2.35. The number of aliphatic hydroxyl groups excluding tert-OH is 1. The molecular weight excluding hydrogens is 266 g/mol. The summed E-state index contributed by atoms with van der Waals surface area (Å²) in [6.45, 7) is 3.30. The number of hydrogen-bond acceptors (Lipinski definition) is 6. The van der Waals surface area contributed by atoms with Gasteiger partial charge in [0.15, 0.2) is 0 Å². The van der Waals surface area contributed by atoms with Crippen LogP contribution >= 0.6 is 0 Å². The van der Waals surface area contributed by atoms with Gasteiger partial charge in [0.2, 0.25) is 0 Å². The maximum absolute atomic E-state index is 10.8.